The molecular weight excluding hydrogens is 654 g/mol. The highest BCUT2D eigenvalue weighted by atomic mass is 16.6. The number of likely N-dealkylation sites (N-methyl/N-ethyl adjacent to an activating group) is 1. The Labute approximate surface area is 318 Å². The van der Waals surface area contributed by atoms with Gasteiger partial charge >= 0.3 is 11.9 Å². The molecule has 0 radical (unpaired) electrons. The van der Waals surface area contributed by atoms with Crippen LogP contribution in [0.25, 0.3) is 0 Å². The Balaban J connectivity index is 4.39. The summed E-state index contributed by atoms with van der Waals surface area (Å²) in [4.78, 5) is 36.7. The molecule has 0 fully saturated rings. The van der Waals surface area contributed by atoms with E-state index in [1.54, 1.807) is 21.1 Å². The van der Waals surface area contributed by atoms with E-state index in [-0.39, 0.29) is 49.1 Å². The summed E-state index contributed by atoms with van der Waals surface area (Å²) in [6.07, 6.45) is 40.1. The third-order valence-corrected chi connectivity index (χ3v) is 8.95. The zero-order chi connectivity index (χ0) is 38.5. The molecular formula is C44H77NO7. The maximum Gasteiger partial charge on any atom is 0.306 e. The first-order chi connectivity index (χ1) is 25.1. The molecule has 0 aliphatic rings. The summed E-state index contributed by atoms with van der Waals surface area (Å²) in [5.74, 6) is -1.82. The second kappa shape index (κ2) is 35.3. The summed E-state index contributed by atoms with van der Waals surface area (Å²) < 4.78 is 17.0. The predicted molar refractivity (Wildman–Crippen MR) is 213 cm³/mol. The molecule has 2 atom stereocenters. The molecule has 0 aromatic carbocycles. The molecule has 0 spiro atoms. The van der Waals surface area contributed by atoms with E-state index in [1.807, 2.05) is 0 Å². The van der Waals surface area contributed by atoms with Crippen LogP contribution < -0.4 is 5.11 Å². The number of ether oxygens (including phenoxy) is 3. The van der Waals surface area contributed by atoms with Gasteiger partial charge in [0.2, 0.25) is 0 Å². The highest BCUT2D eigenvalue weighted by Crippen LogP contribution is 2.13. The molecule has 0 aliphatic carbocycles. The average Bonchev–Trinajstić information content (AvgIpc) is 3.09. The van der Waals surface area contributed by atoms with Crippen molar-refractivity contribution in [3.05, 3.63) is 48.6 Å². The van der Waals surface area contributed by atoms with Crippen LogP contribution in [0.15, 0.2) is 48.6 Å². The molecule has 0 aliphatic heterocycles. The minimum Gasteiger partial charge on any atom is -0.544 e. The van der Waals surface area contributed by atoms with Crippen LogP contribution in [0.4, 0.5) is 0 Å². The molecule has 52 heavy (non-hydrogen) atoms. The summed E-state index contributed by atoms with van der Waals surface area (Å²) in [7, 11) is 5.38. The number of hydrogen-bond donors (Lipinski definition) is 0. The normalized spacial score (nSPS) is 13.5. The summed E-state index contributed by atoms with van der Waals surface area (Å²) >= 11 is 0. The SMILES string of the molecule is CC/C=C/C/C=C/C/C=C/CCCC(=O)OC(COCCC(C(=O)[O-])[N+](C)(C)C)COC(=O)CCCCCCCCC/C=C/CCCCCCCC. The van der Waals surface area contributed by atoms with Gasteiger partial charge in [0.15, 0.2) is 6.10 Å². The fraction of sp³-hybridized carbons (Fsp3) is 0.750. The first-order valence-electron chi connectivity index (χ1n) is 20.7. The molecule has 8 heteroatoms. The van der Waals surface area contributed by atoms with Crippen molar-refractivity contribution in [1.82, 2.24) is 0 Å². The molecule has 0 amide bonds. The van der Waals surface area contributed by atoms with Gasteiger partial charge in [0, 0.05) is 19.3 Å². The molecule has 2 unspecified atom stereocenters. The summed E-state index contributed by atoms with van der Waals surface area (Å²) in [6, 6.07) is -0.734. The minimum atomic E-state index is -1.14. The van der Waals surface area contributed by atoms with Gasteiger partial charge < -0.3 is 28.6 Å². The van der Waals surface area contributed by atoms with Crippen LogP contribution >= 0.6 is 0 Å². The third-order valence-electron chi connectivity index (χ3n) is 8.95. The molecule has 8 nitrogen and oxygen atoms in total. The van der Waals surface area contributed by atoms with E-state index < -0.39 is 18.1 Å². The molecule has 0 aromatic rings. The van der Waals surface area contributed by atoms with E-state index >= 15 is 0 Å². The van der Waals surface area contributed by atoms with Crippen LogP contribution in [0.1, 0.15) is 162 Å². The monoisotopic (exact) mass is 732 g/mol. The lowest BCUT2D eigenvalue weighted by Gasteiger charge is -2.34. The van der Waals surface area contributed by atoms with Crippen LogP contribution in [-0.4, -0.2) is 75.5 Å². The molecule has 0 heterocycles. The number of allylic oxidation sites excluding steroid dienone is 8. The van der Waals surface area contributed by atoms with Crippen molar-refractivity contribution in [2.45, 2.75) is 174 Å². The molecule has 0 rings (SSSR count). The van der Waals surface area contributed by atoms with Gasteiger partial charge in [-0.25, -0.2) is 0 Å². The fourth-order valence-corrected chi connectivity index (χ4v) is 5.73. The highest BCUT2D eigenvalue weighted by Gasteiger charge is 2.25. The first-order valence-corrected chi connectivity index (χ1v) is 20.7. The standard InChI is InChI=1S/C44H77NO7/c1-6-8-10-12-14-16-18-19-20-21-22-23-25-26-28-30-32-34-42(46)51-39-40(38-50-37-36-41(44(48)49)45(3,4)5)52-43(47)35-33-31-29-27-24-17-15-13-11-9-7-2/h9,11,15,17,19-20,27,29,40-41H,6-8,10,12-14,16,18,21-26,28,30-39H2,1-5H3/b11-9+,17-15+,20-19+,29-27+. The highest BCUT2D eigenvalue weighted by molar-refractivity contribution is 5.70. The number of carbonyl (C=O) groups is 3. The van der Waals surface area contributed by atoms with E-state index in [9.17, 15) is 19.5 Å². The van der Waals surface area contributed by atoms with Crippen molar-refractivity contribution in [3.8, 4) is 0 Å². The van der Waals surface area contributed by atoms with Gasteiger partial charge in [-0.2, -0.15) is 0 Å². The minimum absolute atomic E-state index is 0.0184. The lowest BCUT2D eigenvalue weighted by molar-refractivity contribution is -0.889. The van der Waals surface area contributed by atoms with Gasteiger partial charge in [0.05, 0.1) is 40.3 Å². The van der Waals surface area contributed by atoms with Crippen LogP contribution in [0.2, 0.25) is 0 Å². The zero-order valence-electron chi connectivity index (χ0n) is 34.0. The Morgan fingerprint density at radius 1 is 0.596 bits per heavy atom. The maximum atomic E-state index is 12.6. The Hall–Kier alpha value is -2.71. The van der Waals surface area contributed by atoms with Gasteiger partial charge in [0.25, 0.3) is 0 Å². The topological polar surface area (TPSA) is 102 Å². The van der Waals surface area contributed by atoms with Crippen molar-refractivity contribution in [2.75, 3.05) is 41.0 Å². The van der Waals surface area contributed by atoms with E-state index in [1.165, 1.54) is 77.0 Å². The van der Waals surface area contributed by atoms with Crippen LogP contribution in [0.5, 0.6) is 0 Å². The van der Waals surface area contributed by atoms with E-state index in [2.05, 4.69) is 62.5 Å². The lowest BCUT2D eigenvalue weighted by atomic mass is 10.1. The maximum absolute atomic E-state index is 12.6. The van der Waals surface area contributed by atoms with Crippen molar-refractivity contribution in [1.29, 1.82) is 0 Å². The first kappa shape index (κ1) is 49.3. The number of rotatable bonds is 36. The third kappa shape index (κ3) is 33.1. The molecule has 0 aromatic heterocycles. The van der Waals surface area contributed by atoms with Crippen LogP contribution in [0, 0.1) is 0 Å². The average molecular weight is 732 g/mol. The predicted octanol–water partition coefficient (Wildman–Crippen LogP) is 9.52. The van der Waals surface area contributed by atoms with Crippen molar-refractivity contribution < 1.29 is 38.2 Å². The number of carboxylic acid groups (broad SMARTS) is 1. The number of esters is 2. The van der Waals surface area contributed by atoms with Gasteiger partial charge in [-0.05, 0) is 64.2 Å². The van der Waals surface area contributed by atoms with Crippen LogP contribution in [0.3, 0.4) is 0 Å². The molecule has 0 N–H and O–H groups in total. The van der Waals surface area contributed by atoms with Crippen molar-refractivity contribution in [3.63, 3.8) is 0 Å². The van der Waals surface area contributed by atoms with E-state index in [4.69, 9.17) is 14.2 Å². The zero-order valence-corrected chi connectivity index (χ0v) is 34.0. The summed E-state index contributed by atoms with van der Waals surface area (Å²) in [5.41, 5.74) is 0. The molecule has 0 saturated heterocycles. The number of unbranched alkanes of at least 4 members (excludes halogenated alkanes) is 14. The Morgan fingerprint density at radius 3 is 1.67 bits per heavy atom. The van der Waals surface area contributed by atoms with Gasteiger partial charge in [-0.15, -0.1) is 0 Å². The molecule has 0 bridgehead atoms. The Morgan fingerprint density at radius 2 is 1.10 bits per heavy atom. The summed E-state index contributed by atoms with van der Waals surface area (Å²) in [5, 5.41) is 11.6. The van der Waals surface area contributed by atoms with Crippen LogP contribution in [-0.2, 0) is 28.6 Å². The smallest absolute Gasteiger partial charge is 0.306 e. The Bertz CT molecular complexity index is 995. The number of hydrogen-bond acceptors (Lipinski definition) is 7. The van der Waals surface area contributed by atoms with Gasteiger partial charge in [-0.3, -0.25) is 9.59 Å². The van der Waals surface area contributed by atoms with E-state index in [0.717, 1.165) is 44.9 Å². The van der Waals surface area contributed by atoms with Gasteiger partial charge in [0.1, 0.15) is 12.6 Å². The fourth-order valence-electron chi connectivity index (χ4n) is 5.73. The molecule has 0 saturated carbocycles. The summed E-state index contributed by atoms with van der Waals surface area (Å²) in [6.45, 7) is 4.46. The van der Waals surface area contributed by atoms with E-state index in [0.29, 0.717) is 12.8 Å². The number of carbonyl (C=O) groups excluding carboxylic acids is 3. The number of aliphatic carboxylic acids is 1. The quantitative estimate of drug-likeness (QED) is 0.0274. The number of carboxylic acids is 1. The van der Waals surface area contributed by atoms with Gasteiger partial charge in [-0.1, -0.05) is 127 Å². The second-order valence-electron chi connectivity index (χ2n) is 14.8. The van der Waals surface area contributed by atoms with Crippen molar-refractivity contribution >= 4 is 17.9 Å². The lowest BCUT2D eigenvalue weighted by Crippen LogP contribution is -2.55. The number of nitrogens with zero attached hydrogens (tertiary/aromatic N) is 1. The second-order valence-corrected chi connectivity index (χ2v) is 14.8. The Kier molecular flexibility index (Phi) is 33.5. The van der Waals surface area contributed by atoms with Crippen molar-refractivity contribution in [2.24, 2.45) is 0 Å². The molecule has 300 valence electrons. The number of quaternary nitrogens is 1. The largest absolute Gasteiger partial charge is 0.544 e.